The van der Waals surface area contributed by atoms with Crippen LogP contribution in [0, 0.1) is 23.7 Å². The second-order valence-corrected chi connectivity index (χ2v) is 15.5. The highest BCUT2D eigenvalue weighted by Gasteiger charge is 2.32. The van der Waals surface area contributed by atoms with E-state index in [-0.39, 0.29) is 41.0 Å². The van der Waals surface area contributed by atoms with Gasteiger partial charge in [0.1, 0.15) is 6.04 Å². The zero-order valence-corrected chi connectivity index (χ0v) is 31.4. The van der Waals surface area contributed by atoms with Crippen LogP contribution in [0.25, 0.3) is 10.8 Å². The maximum atomic E-state index is 14.1. The topological polar surface area (TPSA) is 150 Å². The lowest BCUT2D eigenvalue weighted by Gasteiger charge is -2.30. The Hall–Kier alpha value is -3.70. The number of aromatic nitrogens is 2. The van der Waals surface area contributed by atoms with Crippen LogP contribution < -0.4 is 16.0 Å². The van der Waals surface area contributed by atoms with Crippen molar-refractivity contribution in [1.82, 2.24) is 25.9 Å². The molecule has 0 saturated carbocycles. The molecule has 0 aliphatic heterocycles. The Kier molecular flexibility index (Phi) is 17.0. The number of nitrogens with zero attached hydrogens (tertiary/aromatic N) is 2. The molecule has 3 aromatic rings. The van der Waals surface area contributed by atoms with Crippen LogP contribution in [0.1, 0.15) is 85.6 Å². The Labute approximate surface area is 300 Å². The summed E-state index contributed by atoms with van der Waals surface area (Å²) in [5.74, 6) is -1.55. The predicted octanol–water partition coefficient (Wildman–Crippen LogP) is 5.35. The van der Waals surface area contributed by atoms with E-state index in [1.165, 1.54) is 12.4 Å². The molecule has 274 valence electrons. The van der Waals surface area contributed by atoms with Crippen molar-refractivity contribution in [2.24, 2.45) is 23.7 Å². The van der Waals surface area contributed by atoms with Crippen LogP contribution in [0.5, 0.6) is 0 Å². The van der Waals surface area contributed by atoms with Crippen LogP contribution >= 0.6 is 0 Å². The quantitative estimate of drug-likeness (QED) is 0.109. The lowest BCUT2D eigenvalue weighted by Crippen LogP contribution is -2.54. The molecule has 3 rings (SSSR count). The molecule has 1 aromatic heterocycles. The molecule has 50 heavy (non-hydrogen) atoms. The first-order chi connectivity index (χ1) is 23.9. The molecule has 4 N–H and O–H groups in total. The molecule has 0 spiro atoms. The van der Waals surface area contributed by atoms with E-state index in [1.807, 2.05) is 84.0 Å². The second kappa shape index (κ2) is 20.8. The minimum Gasteiger partial charge on any atom is -0.391 e. The van der Waals surface area contributed by atoms with E-state index in [4.69, 9.17) is 0 Å². The molecular formula is C39H57N5O5S. The van der Waals surface area contributed by atoms with Gasteiger partial charge in [-0.2, -0.15) is 0 Å². The molecule has 10 nitrogen and oxygen atoms in total. The van der Waals surface area contributed by atoms with E-state index >= 15 is 0 Å². The van der Waals surface area contributed by atoms with E-state index in [0.717, 1.165) is 22.8 Å². The summed E-state index contributed by atoms with van der Waals surface area (Å²) < 4.78 is 13.4. The summed E-state index contributed by atoms with van der Waals surface area (Å²) in [7, 11) is -1.66. The first-order valence-electron chi connectivity index (χ1n) is 18.1. The van der Waals surface area contributed by atoms with Gasteiger partial charge in [0.25, 0.3) is 0 Å². The van der Waals surface area contributed by atoms with E-state index in [0.29, 0.717) is 44.6 Å². The molecule has 0 saturated heterocycles. The van der Waals surface area contributed by atoms with Gasteiger partial charge in [0.15, 0.2) is 0 Å². The Morgan fingerprint density at radius 2 is 1.52 bits per heavy atom. The number of hydrogen-bond acceptors (Lipinski definition) is 7. The van der Waals surface area contributed by atoms with Crippen LogP contribution in [0.15, 0.2) is 66.1 Å². The SMILES string of the molecule is CCCC[C@H](NC(=O)[C@@H](Cc1cccc2ccccc12)CS(=O)c1ncccn1)C(=O)N[C@@H](CC(C)C)[C@@H](O)CC(CC)C(=O)NCC(C)C. The summed E-state index contributed by atoms with van der Waals surface area (Å²) >= 11 is 0. The number of hydrogen-bond donors (Lipinski definition) is 4. The van der Waals surface area contributed by atoms with Crippen molar-refractivity contribution in [3.05, 3.63) is 66.5 Å². The van der Waals surface area contributed by atoms with Gasteiger partial charge in [-0.25, -0.2) is 9.97 Å². The van der Waals surface area contributed by atoms with Gasteiger partial charge in [-0.15, -0.1) is 0 Å². The number of nitrogens with one attached hydrogen (secondary N) is 3. The van der Waals surface area contributed by atoms with E-state index in [2.05, 4.69) is 25.9 Å². The highest BCUT2D eigenvalue weighted by atomic mass is 32.2. The fraction of sp³-hybridized carbons (Fsp3) is 0.564. The first kappa shape index (κ1) is 40.7. The maximum Gasteiger partial charge on any atom is 0.242 e. The van der Waals surface area contributed by atoms with E-state index < -0.39 is 40.8 Å². The number of carbonyl (C=O) groups excluding carboxylic acids is 3. The summed E-state index contributed by atoms with van der Waals surface area (Å²) in [6, 6.07) is 14.0. The number of amides is 3. The van der Waals surface area contributed by atoms with Crippen LogP contribution in [0.2, 0.25) is 0 Å². The van der Waals surface area contributed by atoms with Crippen LogP contribution in [0.3, 0.4) is 0 Å². The number of rotatable bonds is 21. The van der Waals surface area contributed by atoms with Gasteiger partial charge < -0.3 is 21.1 Å². The smallest absolute Gasteiger partial charge is 0.242 e. The number of benzene rings is 2. The molecule has 2 aromatic carbocycles. The van der Waals surface area contributed by atoms with Crippen molar-refractivity contribution in [2.45, 2.75) is 110 Å². The molecule has 1 heterocycles. The Balaban J connectivity index is 1.84. The zero-order valence-electron chi connectivity index (χ0n) is 30.6. The highest BCUT2D eigenvalue weighted by Crippen LogP contribution is 2.23. The lowest BCUT2D eigenvalue weighted by molar-refractivity contribution is -0.132. The lowest BCUT2D eigenvalue weighted by atomic mass is 9.90. The van der Waals surface area contributed by atoms with Gasteiger partial charge in [0.2, 0.25) is 22.9 Å². The standard InChI is InChI=1S/C39H57N5O5S/c1-7-9-18-33(38(48)44-34(21-26(3)4)35(45)23-28(8-2)36(46)42-24-27(5)6)43-37(47)31(25-50(49)39-40-19-13-20-41-39)22-30-16-12-15-29-14-10-11-17-32(29)30/h10-17,19-20,26-28,31,33-35,45H,7-9,18,21-25H2,1-6H3,(H,42,46)(H,43,47)(H,44,48)/t28?,31-,33-,34-,35-,50?/m0/s1. The number of aliphatic hydroxyl groups excluding tert-OH is 1. The van der Waals surface area contributed by atoms with Gasteiger partial charge >= 0.3 is 0 Å². The number of aliphatic hydroxyl groups is 1. The summed E-state index contributed by atoms with van der Waals surface area (Å²) in [6.45, 7) is 12.6. The molecule has 11 heteroatoms. The summed E-state index contributed by atoms with van der Waals surface area (Å²) in [5, 5.41) is 22.6. The predicted molar refractivity (Wildman–Crippen MR) is 200 cm³/mol. The zero-order chi connectivity index (χ0) is 36.6. The highest BCUT2D eigenvalue weighted by molar-refractivity contribution is 7.84. The van der Waals surface area contributed by atoms with Gasteiger partial charge in [-0.1, -0.05) is 96.8 Å². The molecular weight excluding hydrogens is 651 g/mol. The largest absolute Gasteiger partial charge is 0.391 e. The summed E-state index contributed by atoms with van der Waals surface area (Å²) in [4.78, 5) is 49.3. The average molecular weight is 708 g/mol. The molecule has 0 bridgehead atoms. The van der Waals surface area contributed by atoms with Crippen molar-refractivity contribution < 1.29 is 23.7 Å². The normalized spacial score (nSPS) is 15.2. The third kappa shape index (κ3) is 12.9. The van der Waals surface area contributed by atoms with Crippen LogP contribution in [0.4, 0.5) is 0 Å². The third-order valence-electron chi connectivity index (χ3n) is 8.89. The minimum atomic E-state index is -1.66. The third-order valence-corrected chi connectivity index (χ3v) is 10.2. The molecule has 0 aliphatic carbocycles. The van der Waals surface area contributed by atoms with Crippen molar-refractivity contribution in [3.63, 3.8) is 0 Å². The van der Waals surface area contributed by atoms with Gasteiger partial charge in [0.05, 0.1) is 28.9 Å². The molecule has 6 atom stereocenters. The number of unbranched alkanes of at least 4 members (excludes halogenated alkanes) is 1. The summed E-state index contributed by atoms with van der Waals surface area (Å²) in [5.41, 5.74) is 0.937. The van der Waals surface area contributed by atoms with Crippen molar-refractivity contribution in [2.75, 3.05) is 12.3 Å². The fourth-order valence-corrected chi connectivity index (χ4v) is 7.20. The Morgan fingerprint density at radius 1 is 0.820 bits per heavy atom. The monoisotopic (exact) mass is 707 g/mol. The van der Waals surface area contributed by atoms with Crippen molar-refractivity contribution in [1.29, 1.82) is 0 Å². The van der Waals surface area contributed by atoms with E-state index in [9.17, 15) is 23.7 Å². The number of carbonyl (C=O) groups is 3. The average Bonchev–Trinajstić information content (AvgIpc) is 3.10. The van der Waals surface area contributed by atoms with E-state index in [1.54, 1.807) is 6.07 Å². The van der Waals surface area contributed by atoms with Crippen LogP contribution in [-0.2, 0) is 31.6 Å². The Bertz CT molecular complexity index is 1530. The molecule has 0 radical (unpaired) electrons. The maximum absolute atomic E-state index is 14.1. The van der Waals surface area contributed by atoms with Crippen molar-refractivity contribution >= 4 is 39.3 Å². The molecule has 0 fully saturated rings. The summed E-state index contributed by atoms with van der Waals surface area (Å²) in [6.07, 6.45) is 5.59. The second-order valence-electron chi connectivity index (χ2n) is 14.1. The van der Waals surface area contributed by atoms with Crippen LogP contribution in [-0.4, -0.2) is 67.5 Å². The molecule has 2 unspecified atom stereocenters. The molecule has 3 amide bonds. The van der Waals surface area contributed by atoms with Crippen molar-refractivity contribution in [3.8, 4) is 0 Å². The van der Waals surface area contributed by atoms with Gasteiger partial charge in [-0.05, 0) is 66.3 Å². The fourth-order valence-electron chi connectivity index (χ4n) is 6.06. The van der Waals surface area contributed by atoms with Gasteiger partial charge in [0, 0.05) is 30.6 Å². The van der Waals surface area contributed by atoms with Gasteiger partial charge in [-0.3, -0.25) is 18.6 Å². The minimum absolute atomic E-state index is 0.0207. The number of fused-ring (bicyclic) bond motifs is 1. The Morgan fingerprint density at radius 3 is 2.18 bits per heavy atom. The first-order valence-corrected chi connectivity index (χ1v) is 19.4. The molecule has 0 aliphatic rings.